The fourth-order valence-corrected chi connectivity index (χ4v) is 4.71. The molecule has 8 nitrogen and oxygen atoms in total. The molecule has 2 atom stereocenters. The summed E-state index contributed by atoms with van der Waals surface area (Å²) in [6.45, 7) is 4.34. The molecule has 3 aliphatic rings. The third-order valence-electron chi connectivity index (χ3n) is 6.19. The first-order chi connectivity index (χ1) is 15.7. The second-order valence-corrected chi connectivity index (χ2v) is 8.93. The molecule has 0 bridgehead atoms. The second kappa shape index (κ2) is 9.64. The predicted molar refractivity (Wildman–Crippen MR) is 125 cm³/mol. The Bertz CT molecular complexity index is 1030. The number of ether oxygens (including phenoxy) is 4. The van der Waals surface area contributed by atoms with Gasteiger partial charge in [-0.05, 0) is 50.0 Å². The van der Waals surface area contributed by atoms with Crippen LogP contribution in [-0.4, -0.2) is 66.7 Å². The van der Waals surface area contributed by atoms with Crippen LogP contribution in [0.1, 0.15) is 31.2 Å². The molecule has 0 saturated carbocycles. The summed E-state index contributed by atoms with van der Waals surface area (Å²) in [5, 5.41) is 4.87. The van der Waals surface area contributed by atoms with Crippen LogP contribution in [0.4, 0.5) is 0 Å². The molecule has 3 aliphatic heterocycles. The van der Waals surface area contributed by atoms with Crippen molar-refractivity contribution in [3.63, 3.8) is 0 Å². The highest BCUT2D eigenvalue weighted by Gasteiger charge is 2.23. The molecule has 5 rings (SSSR count). The molecular formula is C23H29N3O5S. The minimum atomic E-state index is -0.131. The van der Waals surface area contributed by atoms with Crippen molar-refractivity contribution in [3.8, 4) is 11.5 Å². The van der Waals surface area contributed by atoms with Crippen molar-refractivity contribution in [2.24, 2.45) is 0 Å². The van der Waals surface area contributed by atoms with Gasteiger partial charge in [0.15, 0.2) is 16.6 Å². The molecule has 1 aromatic heterocycles. The second-order valence-electron chi connectivity index (χ2n) is 8.54. The van der Waals surface area contributed by atoms with Crippen LogP contribution in [0.5, 0.6) is 11.5 Å². The van der Waals surface area contributed by atoms with Gasteiger partial charge in [-0.1, -0.05) is 0 Å². The lowest BCUT2D eigenvalue weighted by atomic mass is 10.1. The number of nitrogens with zero attached hydrogens (tertiary/aromatic N) is 1. The quantitative estimate of drug-likeness (QED) is 0.637. The van der Waals surface area contributed by atoms with Gasteiger partial charge in [0.2, 0.25) is 0 Å². The average molecular weight is 460 g/mol. The monoisotopic (exact) mass is 459 g/mol. The predicted octanol–water partition coefficient (Wildman–Crippen LogP) is 2.33. The summed E-state index contributed by atoms with van der Waals surface area (Å²) in [6, 6.07) is 5.66. The van der Waals surface area contributed by atoms with Crippen LogP contribution in [0.15, 0.2) is 23.0 Å². The lowest BCUT2D eigenvalue weighted by Crippen LogP contribution is -2.45. The van der Waals surface area contributed by atoms with Gasteiger partial charge in [0.25, 0.3) is 5.56 Å². The minimum absolute atomic E-state index is 0.120. The number of hydrogen-bond acceptors (Lipinski definition) is 6. The number of pyridine rings is 1. The van der Waals surface area contributed by atoms with E-state index in [-0.39, 0.29) is 17.8 Å². The molecule has 0 spiro atoms. The van der Waals surface area contributed by atoms with E-state index in [0.29, 0.717) is 55.0 Å². The zero-order valence-electron chi connectivity index (χ0n) is 18.1. The standard InChI is InChI=1S/C23H29N3O5S/c27-22-16(9-15-10-20-21(11-19(15)25-22)31-8-7-30-20)13-26(14-18-4-2-6-29-18)23(32)24-12-17-3-1-5-28-17/h9-11,17-18H,1-8,12-14H2,(H,24,32)(H,25,27)/t17-,18-/m0/s1. The lowest BCUT2D eigenvalue weighted by molar-refractivity contribution is 0.0885. The molecule has 2 saturated heterocycles. The maximum absolute atomic E-state index is 12.9. The number of nitrogens with one attached hydrogen (secondary N) is 2. The Labute approximate surface area is 192 Å². The van der Waals surface area contributed by atoms with Crippen molar-refractivity contribution in [3.05, 3.63) is 34.1 Å². The largest absolute Gasteiger partial charge is 0.486 e. The van der Waals surface area contributed by atoms with Crippen molar-refractivity contribution in [1.29, 1.82) is 0 Å². The maximum atomic E-state index is 12.9. The zero-order valence-corrected chi connectivity index (χ0v) is 18.9. The molecule has 4 heterocycles. The first-order valence-electron chi connectivity index (χ1n) is 11.4. The van der Waals surface area contributed by atoms with Gasteiger partial charge in [-0.15, -0.1) is 0 Å². The number of benzene rings is 1. The summed E-state index contributed by atoms with van der Waals surface area (Å²) < 4.78 is 22.9. The van der Waals surface area contributed by atoms with Crippen molar-refractivity contribution in [2.75, 3.05) is 39.5 Å². The summed E-state index contributed by atoms with van der Waals surface area (Å²) in [5.74, 6) is 1.36. The van der Waals surface area contributed by atoms with Crippen LogP contribution >= 0.6 is 12.2 Å². The van der Waals surface area contributed by atoms with Crippen LogP contribution in [0.2, 0.25) is 0 Å². The first kappa shape index (κ1) is 21.5. The van der Waals surface area contributed by atoms with Crippen LogP contribution in [0, 0.1) is 0 Å². The summed E-state index contributed by atoms with van der Waals surface area (Å²) in [5.41, 5.74) is 1.25. The van der Waals surface area contributed by atoms with E-state index in [2.05, 4.69) is 10.3 Å². The third-order valence-corrected chi connectivity index (χ3v) is 6.59. The summed E-state index contributed by atoms with van der Waals surface area (Å²) in [7, 11) is 0. The molecule has 2 fully saturated rings. The molecule has 1 aromatic carbocycles. The van der Waals surface area contributed by atoms with Crippen molar-refractivity contribution in [2.45, 2.75) is 44.4 Å². The van der Waals surface area contributed by atoms with Crippen molar-refractivity contribution in [1.82, 2.24) is 15.2 Å². The van der Waals surface area contributed by atoms with Gasteiger partial charge in [0.05, 0.1) is 24.3 Å². The van der Waals surface area contributed by atoms with E-state index in [9.17, 15) is 4.79 Å². The third kappa shape index (κ3) is 4.84. The van der Waals surface area contributed by atoms with E-state index in [0.717, 1.165) is 49.8 Å². The number of aromatic amines is 1. The Kier molecular flexibility index (Phi) is 6.47. The number of fused-ring (bicyclic) bond motifs is 2. The fourth-order valence-electron chi connectivity index (χ4n) is 4.48. The van der Waals surface area contributed by atoms with Gasteiger partial charge < -0.3 is 34.1 Å². The van der Waals surface area contributed by atoms with Gasteiger partial charge >= 0.3 is 0 Å². The van der Waals surface area contributed by atoms with Gasteiger partial charge in [0, 0.05) is 43.3 Å². The van der Waals surface area contributed by atoms with Crippen molar-refractivity contribution >= 4 is 28.2 Å². The lowest BCUT2D eigenvalue weighted by Gasteiger charge is -2.29. The normalized spacial score (nSPS) is 22.2. The van der Waals surface area contributed by atoms with Gasteiger partial charge in [-0.2, -0.15) is 0 Å². The molecule has 0 amide bonds. The Morgan fingerprint density at radius 3 is 2.47 bits per heavy atom. The molecule has 0 unspecified atom stereocenters. The van der Waals surface area contributed by atoms with Crippen LogP contribution in [-0.2, 0) is 16.0 Å². The maximum Gasteiger partial charge on any atom is 0.253 e. The number of rotatable bonds is 6. The van der Waals surface area contributed by atoms with Gasteiger partial charge in [0.1, 0.15) is 13.2 Å². The topological polar surface area (TPSA) is 85.1 Å². The van der Waals surface area contributed by atoms with Crippen LogP contribution < -0.4 is 20.3 Å². The smallest absolute Gasteiger partial charge is 0.253 e. The van der Waals surface area contributed by atoms with Gasteiger partial charge in [-0.25, -0.2) is 0 Å². The molecular weight excluding hydrogens is 430 g/mol. The van der Waals surface area contributed by atoms with E-state index in [1.807, 2.05) is 23.1 Å². The van der Waals surface area contributed by atoms with E-state index >= 15 is 0 Å². The number of hydrogen-bond donors (Lipinski definition) is 2. The molecule has 0 radical (unpaired) electrons. The molecule has 2 aromatic rings. The Balaban J connectivity index is 1.36. The van der Waals surface area contributed by atoms with E-state index in [1.165, 1.54) is 0 Å². The molecule has 172 valence electrons. The molecule has 2 N–H and O–H groups in total. The summed E-state index contributed by atoms with van der Waals surface area (Å²) >= 11 is 5.72. The Hall–Kier alpha value is -2.36. The summed E-state index contributed by atoms with van der Waals surface area (Å²) in [4.78, 5) is 17.9. The number of aromatic nitrogens is 1. The van der Waals surface area contributed by atoms with E-state index in [1.54, 1.807) is 0 Å². The van der Waals surface area contributed by atoms with E-state index in [4.69, 9.17) is 31.2 Å². The number of H-pyrrole nitrogens is 1. The number of thiocarbonyl (C=S) groups is 1. The Morgan fingerprint density at radius 1 is 1.03 bits per heavy atom. The minimum Gasteiger partial charge on any atom is -0.486 e. The highest BCUT2D eigenvalue weighted by Crippen LogP contribution is 2.33. The van der Waals surface area contributed by atoms with E-state index < -0.39 is 0 Å². The van der Waals surface area contributed by atoms with Crippen molar-refractivity contribution < 1.29 is 18.9 Å². The SMILES string of the molecule is O=c1[nH]c2cc3c(cc2cc1CN(C[C@@H]1CCCO1)C(=S)NC[C@@H]1CCCO1)OCCO3. The van der Waals surface area contributed by atoms with Crippen LogP contribution in [0.25, 0.3) is 10.9 Å². The summed E-state index contributed by atoms with van der Waals surface area (Å²) in [6.07, 6.45) is 4.50. The zero-order chi connectivity index (χ0) is 21.9. The molecule has 9 heteroatoms. The molecule has 0 aliphatic carbocycles. The van der Waals surface area contributed by atoms with Crippen LogP contribution in [0.3, 0.4) is 0 Å². The molecule has 32 heavy (non-hydrogen) atoms. The highest BCUT2D eigenvalue weighted by atomic mass is 32.1. The highest BCUT2D eigenvalue weighted by molar-refractivity contribution is 7.80. The average Bonchev–Trinajstić information content (AvgIpc) is 3.50. The van der Waals surface area contributed by atoms with Gasteiger partial charge in [-0.3, -0.25) is 4.79 Å². The fraction of sp³-hybridized carbons (Fsp3) is 0.565. The first-order valence-corrected chi connectivity index (χ1v) is 11.8. The Morgan fingerprint density at radius 2 is 1.75 bits per heavy atom.